The van der Waals surface area contributed by atoms with Gasteiger partial charge in [0, 0.05) is 25.2 Å². The van der Waals surface area contributed by atoms with E-state index in [1.165, 1.54) is 50.0 Å². The van der Waals surface area contributed by atoms with Crippen molar-refractivity contribution in [3.8, 4) is 0 Å². The third-order valence-corrected chi connectivity index (χ3v) is 3.98. The fraction of sp³-hybridized carbons (Fsp3) is 0.688. The first-order valence-electron chi connectivity index (χ1n) is 7.83. The molecule has 1 N–H and O–H groups in total. The summed E-state index contributed by atoms with van der Waals surface area (Å²) in [7, 11) is 0. The number of nitrogens with one attached hydrogen (secondary N) is 1. The maximum Gasteiger partial charge on any atom is 0.129 e. The number of hydrogen-bond acceptors (Lipinski definition) is 3. The van der Waals surface area contributed by atoms with E-state index in [-0.39, 0.29) is 0 Å². The molecule has 0 spiro atoms. The Morgan fingerprint density at radius 3 is 2.79 bits per heavy atom. The van der Waals surface area contributed by atoms with Crippen molar-refractivity contribution < 1.29 is 0 Å². The predicted octanol–water partition coefficient (Wildman–Crippen LogP) is 3.10. The van der Waals surface area contributed by atoms with Crippen molar-refractivity contribution in [2.24, 2.45) is 0 Å². The number of aromatic nitrogens is 1. The second-order valence-corrected chi connectivity index (χ2v) is 5.92. The first-order chi connectivity index (χ1) is 9.36. The average Bonchev–Trinajstić information content (AvgIpc) is 3.30. The first-order valence-corrected chi connectivity index (χ1v) is 7.83. The van der Waals surface area contributed by atoms with Gasteiger partial charge in [-0.15, -0.1) is 0 Å². The predicted molar refractivity (Wildman–Crippen MR) is 79.4 cm³/mol. The molecule has 1 heterocycles. The lowest BCUT2D eigenvalue weighted by Gasteiger charge is -2.23. The fourth-order valence-corrected chi connectivity index (χ4v) is 2.46. The molecule has 0 radical (unpaired) electrons. The third kappa shape index (κ3) is 3.69. The molecular formula is C16H25N3. The summed E-state index contributed by atoms with van der Waals surface area (Å²) in [6.45, 7) is 4.34. The molecule has 3 nitrogen and oxygen atoms in total. The van der Waals surface area contributed by atoms with Gasteiger partial charge in [-0.25, -0.2) is 4.98 Å². The molecule has 1 aromatic rings. The molecule has 2 aliphatic rings. The van der Waals surface area contributed by atoms with Crippen molar-refractivity contribution >= 4 is 5.82 Å². The number of rotatable bonds is 8. The lowest BCUT2D eigenvalue weighted by molar-refractivity contribution is 0.666. The number of pyridine rings is 1. The molecule has 0 bridgehead atoms. The summed E-state index contributed by atoms with van der Waals surface area (Å²) in [5.41, 5.74) is 1.19. The van der Waals surface area contributed by atoms with Crippen LogP contribution in [0, 0.1) is 0 Å². The van der Waals surface area contributed by atoms with Crippen LogP contribution < -0.4 is 10.2 Å². The van der Waals surface area contributed by atoms with Gasteiger partial charge in [0.1, 0.15) is 5.82 Å². The lowest BCUT2D eigenvalue weighted by Crippen LogP contribution is -2.28. The van der Waals surface area contributed by atoms with Crippen LogP contribution >= 0.6 is 0 Å². The van der Waals surface area contributed by atoms with E-state index < -0.39 is 0 Å². The van der Waals surface area contributed by atoms with E-state index >= 15 is 0 Å². The monoisotopic (exact) mass is 259 g/mol. The molecule has 0 unspecified atom stereocenters. The lowest BCUT2D eigenvalue weighted by atomic mass is 10.3. The fourth-order valence-electron chi connectivity index (χ4n) is 2.46. The number of anilines is 1. The SMILES string of the molecule is CCCCN(c1cccc(CNC2CC2)n1)C1CC1. The van der Waals surface area contributed by atoms with Gasteiger partial charge < -0.3 is 10.2 Å². The molecule has 2 aliphatic carbocycles. The van der Waals surface area contributed by atoms with Gasteiger partial charge in [0.25, 0.3) is 0 Å². The molecule has 104 valence electrons. The molecule has 0 atom stereocenters. The van der Waals surface area contributed by atoms with E-state index in [2.05, 4.69) is 35.3 Å². The number of nitrogens with zero attached hydrogens (tertiary/aromatic N) is 2. The highest BCUT2D eigenvalue weighted by atomic mass is 15.2. The van der Waals surface area contributed by atoms with Gasteiger partial charge in [0.05, 0.1) is 5.69 Å². The van der Waals surface area contributed by atoms with Crippen LogP contribution in [0.15, 0.2) is 18.2 Å². The van der Waals surface area contributed by atoms with E-state index in [9.17, 15) is 0 Å². The van der Waals surface area contributed by atoms with Crippen LogP contribution in [0.2, 0.25) is 0 Å². The van der Waals surface area contributed by atoms with Gasteiger partial charge in [0.15, 0.2) is 0 Å². The molecule has 1 aromatic heterocycles. The smallest absolute Gasteiger partial charge is 0.129 e. The Morgan fingerprint density at radius 1 is 1.26 bits per heavy atom. The summed E-state index contributed by atoms with van der Waals surface area (Å²) in [5, 5.41) is 3.55. The zero-order chi connectivity index (χ0) is 13.1. The molecule has 0 saturated heterocycles. The van der Waals surface area contributed by atoms with Crippen LogP contribution in [0.3, 0.4) is 0 Å². The zero-order valence-electron chi connectivity index (χ0n) is 11.9. The minimum absolute atomic E-state index is 0.755. The van der Waals surface area contributed by atoms with Crippen LogP contribution in [0.4, 0.5) is 5.82 Å². The molecule has 0 aliphatic heterocycles. The summed E-state index contributed by atoms with van der Waals surface area (Å²) in [4.78, 5) is 7.37. The summed E-state index contributed by atoms with van der Waals surface area (Å²) in [6, 6.07) is 7.99. The Balaban J connectivity index is 1.64. The number of unbranched alkanes of at least 4 members (excludes halogenated alkanes) is 1. The Labute approximate surface area is 116 Å². The standard InChI is InChI=1S/C16H25N3/c1-2-3-11-19(15-9-10-15)16-6-4-5-14(18-16)12-17-13-7-8-13/h4-6,13,15,17H,2-3,7-12H2,1H3. The molecule has 3 heteroatoms. The molecule has 2 saturated carbocycles. The van der Waals surface area contributed by atoms with Crippen LogP contribution in [0.5, 0.6) is 0 Å². The Bertz CT molecular complexity index is 410. The molecule has 0 aromatic carbocycles. The minimum atomic E-state index is 0.755. The average molecular weight is 259 g/mol. The topological polar surface area (TPSA) is 28.2 Å². The van der Waals surface area contributed by atoms with Gasteiger partial charge in [-0.1, -0.05) is 19.4 Å². The van der Waals surface area contributed by atoms with Crippen molar-refractivity contribution in [2.75, 3.05) is 11.4 Å². The van der Waals surface area contributed by atoms with E-state index in [0.717, 1.165) is 25.2 Å². The second kappa shape index (κ2) is 5.91. The Hall–Kier alpha value is -1.09. The Kier molecular flexibility index (Phi) is 4.02. The van der Waals surface area contributed by atoms with E-state index in [1.54, 1.807) is 0 Å². The van der Waals surface area contributed by atoms with E-state index in [0.29, 0.717) is 0 Å². The molecule has 19 heavy (non-hydrogen) atoms. The van der Waals surface area contributed by atoms with Gasteiger partial charge in [-0.05, 0) is 44.2 Å². The van der Waals surface area contributed by atoms with Gasteiger partial charge >= 0.3 is 0 Å². The van der Waals surface area contributed by atoms with E-state index in [4.69, 9.17) is 4.98 Å². The highest BCUT2D eigenvalue weighted by Gasteiger charge is 2.29. The maximum atomic E-state index is 4.85. The molecule has 2 fully saturated rings. The van der Waals surface area contributed by atoms with Crippen LogP contribution in [-0.2, 0) is 6.54 Å². The van der Waals surface area contributed by atoms with Crippen LogP contribution in [0.25, 0.3) is 0 Å². The van der Waals surface area contributed by atoms with Crippen molar-refractivity contribution in [1.82, 2.24) is 10.3 Å². The van der Waals surface area contributed by atoms with Crippen molar-refractivity contribution in [1.29, 1.82) is 0 Å². The van der Waals surface area contributed by atoms with Gasteiger partial charge in [-0.3, -0.25) is 0 Å². The summed E-state index contributed by atoms with van der Waals surface area (Å²) < 4.78 is 0. The molecule has 0 amide bonds. The zero-order valence-corrected chi connectivity index (χ0v) is 11.9. The normalized spacial score (nSPS) is 18.6. The van der Waals surface area contributed by atoms with Crippen LogP contribution in [0.1, 0.15) is 51.1 Å². The Morgan fingerprint density at radius 2 is 2.11 bits per heavy atom. The van der Waals surface area contributed by atoms with Gasteiger partial charge in [-0.2, -0.15) is 0 Å². The minimum Gasteiger partial charge on any atom is -0.354 e. The van der Waals surface area contributed by atoms with E-state index in [1.807, 2.05) is 0 Å². The highest BCUT2D eigenvalue weighted by molar-refractivity contribution is 5.42. The summed E-state index contributed by atoms with van der Waals surface area (Å²) in [5.74, 6) is 1.19. The van der Waals surface area contributed by atoms with Crippen LogP contribution in [-0.4, -0.2) is 23.6 Å². The first kappa shape index (κ1) is 12.9. The number of hydrogen-bond donors (Lipinski definition) is 1. The summed E-state index contributed by atoms with van der Waals surface area (Å²) in [6.07, 6.45) is 7.88. The quantitative estimate of drug-likeness (QED) is 0.777. The molecule has 3 rings (SSSR count). The largest absolute Gasteiger partial charge is 0.354 e. The molecular weight excluding hydrogens is 234 g/mol. The highest BCUT2D eigenvalue weighted by Crippen LogP contribution is 2.31. The third-order valence-electron chi connectivity index (χ3n) is 3.98. The maximum absolute atomic E-state index is 4.85. The van der Waals surface area contributed by atoms with Crippen molar-refractivity contribution in [2.45, 2.75) is 64.1 Å². The van der Waals surface area contributed by atoms with Crippen molar-refractivity contribution in [3.63, 3.8) is 0 Å². The van der Waals surface area contributed by atoms with Gasteiger partial charge in [0.2, 0.25) is 0 Å². The van der Waals surface area contributed by atoms with Crippen molar-refractivity contribution in [3.05, 3.63) is 23.9 Å². The summed E-state index contributed by atoms with van der Waals surface area (Å²) >= 11 is 0. The second-order valence-electron chi connectivity index (χ2n) is 5.92.